The van der Waals surface area contributed by atoms with E-state index < -0.39 is 48.7 Å². The molecule has 0 bridgehead atoms. The van der Waals surface area contributed by atoms with Crippen molar-refractivity contribution in [1.29, 1.82) is 0 Å². The first-order chi connectivity index (χ1) is 8.67. The van der Waals surface area contributed by atoms with Crippen molar-refractivity contribution < 1.29 is 49.4 Å². The van der Waals surface area contributed by atoms with Crippen molar-refractivity contribution >= 4 is 5.97 Å². The van der Waals surface area contributed by atoms with Crippen molar-refractivity contribution in [2.75, 3.05) is 0 Å². The van der Waals surface area contributed by atoms with Gasteiger partial charge in [0, 0.05) is 0 Å². The van der Waals surface area contributed by atoms with E-state index in [-0.39, 0.29) is 0 Å². The number of carboxylic acid groups (broad SMARTS) is 1. The van der Waals surface area contributed by atoms with Gasteiger partial charge in [-0.15, -0.1) is 0 Å². The van der Waals surface area contributed by atoms with E-state index in [1.54, 1.807) is 0 Å². The normalized spacial score (nSPS) is 16.1. The zero-order chi connectivity index (χ0) is 16.6. The van der Waals surface area contributed by atoms with Crippen molar-refractivity contribution in [2.24, 2.45) is 0 Å². The molecule has 0 amide bonds. The van der Waals surface area contributed by atoms with Gasteiger partial charge in [0.15, 0.2) is 6.17 Å². The highest BCUT2D eigenvalue weighted by Gasteiger charge is 2.84. The highest BCUT2D eigenvalue weighted by Crippen LogP contribution is 2.54. The van der Waals surface area contributed by atoms with E-state index in [2.05, 4.69) is 0 Å². The molecule has 0 aromatic carbocycles. The standard InChI is InChI=1S/C9H9F9O2/c1-2-3-4(10)6(11,12)8(15,16)9(17,18)7(13,14)5(19)20/h4H,2-3H2,1H3,(H,19,20). The Morgan fingerprint density at radius 3 is 1.70 bits per heavy atom. The van der Waals surface area contributed by atoms with Gasteiger partial charge in [0.05, 0.1) is 0 Å². The highest BCUT2D eigenvalue weighted by atomic mass is 19.4. The minimum absolute atomic E-state index is 0.451. The summed E-state index contributed by atoms with van der Waals surface area (Å²) in [7, 11) is 0. The monoisotopic (exact) mass is 320 g/mol. The van der Waals surface area contributed by atoms with Crippen LogP contribution in [0, 0.1) is 0 Å². The van der Waals surface area contributed by atoms with Crippen molar-refractivity contribution in [1.82, 2.24) is 0 Å². The van der Waals surface area contributed by atoms with E-state index in [4.69, 9.17) is 5.11 Å². The number of alkyl halides is 9. The smallest absolute Gasteiger partial charge is 0.410 e. The molecule has 1 N–H and O–H groups in total. The summed E-state index contributed by atoms with van der Waals surface area (Å²) in [6.07, 6.45) is -5.58. The van der Waals surface area contributed by atoms with Crippen LogP contribution in [0.4, 0.5) is 39.5 Å². The van der Waals surface area contributed by atoms with Gasteiger partial charge in [0.25, 0.3) is 0 Å². The lowest BCUT2D eigenvalue weighted by molar-refractivity contribution is -0.369. The van der Waals surface area contributed by atoms with Crippen LogP contribution in [-0.4, -0.2) is 40.9 Å². The minimum Gasteiger partial charge on any atom is -0.477 e. The Bertz CT molecular complexity index is 366. The van der Waals surface area contributed by atoms with Gasteiger partial charge in [0.2, 0.25) is 0 Å². The fraction of sp³-hybridized carbons (Fsp3) is 0.889. The van der Waals surface area contributed by atoms with Crippen molar-refractivity contribution in [2.45, 2.75) is 49.6 Å². The van der Waals surface area contributed by atoms with Gasteiger partial charge in [-0.25, -0.2) is 9.18 Å². The van der Waals surface area contributed by atoms with Crippen molar-refractivity contribution in [3.05, 3.63) is 0 Å². The van der Waals surface area contributed by atoms with E-state index in [1.807, 2.05) is 0 Å². The zero-order valence-corrected chi connectivity index (χ0v) is 9.75. The Morgan fingerprint density at radius 2 is 1.40 bits per heavy atom. The maximum absolute atomic E-state index is 12.9. The number of carbonyl (C=O) groups is 1. The molecule has 0 aliphatic rings. The van der Waals surface area contributed by atoms with Gasteiger partial charge in [0.1, 0.15) is 0 Å². The van der Waals surface area contributed by atoms with Crippen LogP contribution in [0.3, 0.4) is 0 Å². The van der Waals surface area contributed by atoms with Crippen molar-refractivity contribution in [3.63, 3.8) is 0 Å². The number of hydrogen-bond acceptors (Lipinski definition) is 1. The zero-order valence-electron chi connectivity index (χ0n) is 9.75. The largest absolute Gasteiger partial charge is 0.477 e. The molecule has 0 aliphatic carbocycles. The Hall–Kier alpha value is -1.16. The summed E-state index contributed by atoms with van der Waals surface area (Å²) in [5, 5.41) is 7.75. The lowest BCUT2D eigenvalue weighted by atomic mass is 9.94. The SMILES string of the molecule is CCCC(F)C(F)(F)C(F)(F)C(F)(F)C(F)(F)C(=O)O. The Morgan fingerprint density at radius 1 is 1.00 bits per heavy atom. The predicted molar refractivity (Wildman–Crippen MR) is 47.2 cm³/mol. The van der Waals surface area contributed by atoms with Gasteiger partial charge < -0.3 is 5.11 Å². The molecule has 1 unspecified atom stereocenters. The molecular weight excluding hydrogens is 311 g/mol. The first kappa shape index (κ1) is 18.8. The Kier molecular flexibility index (Phi) is 5.01. The lowest BCUT2D eigenvalue weighted by Crippen LogP contribution is -2.66. The molecule has 0 saturated heterocycles. The Balaban J connectivity index is 5.77. The number of aliphatic carboxylic acids is 1. The van der Waals surface area contributed by atoms with Crippen LogP contribution in [-0.2, 0) is 4.79 Å². The molecule has 120 valence electrons. The second-order valence-corrected chi connectivity index (χ2v) is 3.91. The van der Waals surface area contributed by atoms with Crippen LogP contribution < -0.4 is 0 Å². The van der Waals surface area contributed by atoms with E-state index in [9.17, 15) is 44.3 Å². The van der Waals surface area contributed by atoms with Crippen LogP contribution in [0.5, 0.6) is 0 Å². The molecule has 2 nitrogen and oxygen atoms in total. The third-order valence-electron chi connectivity index (χ3n) is 2.41. The quantitative estimate of drug-likeness (QED) is 0.726. The topological polar surface area (TPSA) is 37.3 Å². The molecule has 1 atom stereocenters. The minimum atomic E-state index is -6.98. The molecule has 20 heavy (non-hydrogen) atoms. The molecule has 0 heterocycles. The van der Waals surface area contributed by atoms with Gasteiger partial charge in [-0.05, 0) is 6.42 Å². The first-order valence-corrected chi connectivity index (χ1v) is 5.06. The number of rotatable bonds is 7. The number of halogens is 9. The van der Waals surface area contributed by atoms with E-state index in [0.717, 1.165) is 6.92 Å². The fourth-order valence-electron chi connectivity index (χ4n) is 1.17. The predicted octanol–water partition coefficient (Wildman–Crippen LogP) is 3.75. The van der Waals surface area contributed by atoms with Crippen LogP contribution in [0.2, 0.25) is 0 Å². The van der Waals surface area contributed by atoms with Crippen LogP contribution >= 0.6 is 0 Å². The fourth-order valence-corrected chi connectivity index (χ4v) is 1.17. The van der Waals surface area contributed by atoms with E-state index in [0.29, 0.717) is 0 Å². The maximum atomic E-state index is 12.9. The van der Waals surface area contributed by atoms with E-state index >= 15 is 0 Å². The molecule has 0 rings (SSSR count). The summed E-state index contributed by atoms with van der Waals surface area (Å²) in [6, 6.07) is 0. The molecule has 0 radical (unpaired) electrons. The number of hydrogen-bond donors (Lipinski definition) is 1. The molecular formula is C9H9F9O2. The third-order valence-corrected chi connectivity index (χ3v) is 2.41. The molecule has 11 heteroatoms. The van der Waals surface area contributed by atoms with E-state index in [1.165, 1.54) is 0 Å². The summed E-state index contributed by atoms with van der Waals surface area (Å²) in [5.74, 6) is -30.3. The summed E-state index contributed by atoms with van der Waals surface area (Å²) in [4.78, 5) is 9.83. The average Bonchev–Trinajstić information content (AvgIpc) is 2.28. The van der Waals surface area contributed by atoms with Crippen LogP contribution in [0.25, 0.3) is 0 Å². The molecule has 0 aromatic rings. The molecule has 0 aliphatic heterocycles. The summed E-state index contributed by atoms with van der Waals surface area (Å²) < 4.78 is 115. The second kappa shape index (κ2) is 5.32. The summed E-state index contributed by atoms with van der Waals surface area (Å²) >= 11 is 0. The summed E-state index contributed by atoms with van der Waals surface area (Å²) in [5.41, 5.74) is 0. The number of carboxylic acids is 1. The molecule has 0 fully saturated rings. The molecule has 0 saturated carbocycles. The second-order valence-electron chi connectivity index (χ2n) is 3.91. The maximum Gasteiger partial charge on any atom is 0.410 e. The lowest BCUT2D eigenvalue weighted by Gasteiger charge is -2.36. The van der Waals surface area contributed by atoms with Gasteiger partial charge >= 0.3 is 29.7 Å². The van der Waals surface area contributed by atoms with Gasteiger partial charge in [-0.1, -0.05) is 13.3 Å². The van der Waals surface area contributed by atoms with Gasteiger partial charge in [-0.3, -0.25) is 0 Å². The van der Waals surface area contributed by atoms with Crippen molar-refractivity contribution in [3.8, 4) is 0 Å². The van der Waals surface area contributed by atoms with Gasteiger partial charge in [-0.2, -0.15) is 35.1 Å². The Labute approximate surface area is 106 Å². The molecule has 0 aromatic heterocycles. The first-order valence-electron chi connectivity index (χ1n) is 5.06. The molecule has 0 spiro atoms. The average molecular weight is 320 g/mol. The van der Waals surface area contributed by atoms with Crippen LogP contribution in [0.1, 0.15) is 19.8 Å². The van der Waals surface area contributed by atoms with Crippen LogP contribution in [0.15, 0.2) is 0 Å². The summed E-state index contributed by atoms with van der Waals surface area (Å²) in [6.45, 7) is 1.06. The highest BCUT2D eigenvalue weighted by molar-refractivity contribution is 5.77. The third kappa shape index (κ3) is 2.53.